The Hall–Kier alpha value is -5.15. The van der Waals surface area contributed by atoms with Crippen LogP contribution in [0.5, 0.6) is 0 Å². The van der Waals surface area contributed by atoms with Gasteiger partial charge in [0.05, 0.1) is 17.1 Å². The summed E-state index contributed by atoms with van der Waals surface area (Å²) in [6, 6.07) is 32.4. The number of anilines is 5. The number of nitrogens with one attached hydrogen (secondary N) is 3. The molecule has 1 aromatic heterocycles. The molecule has 1 amide bonds. The number of hydrogen-bond donors (Lipinski definition) is 3. The second kappa shape index (κ2) is 10.00. The zero-order valence-corrected chi connectivity index (χ0v) is 19.6. The number of aryl methyl sites for hydroxylation is 1. The number of amides is 1. The van der Waals surface area contributed by atoms with Gasteiger partial charge in [0.15, 0.2) is 0 Å². The van der Waals surface area contributed by atoms with Crippen LogP contribution in [0.25, 0.3) is 10.9 Å². The highest BCUT2D eigenvalue weighted by molar-refractivity contribution is 6.05. The summed E-state index contributed by atoms with van der Waals surface area (Å²) >= 11 is 0. The van der Waals surface area contributed by atoms with Crippen LogP contribution in [0.1, 0.15) is 21.5 Å². The smallest absolute Gasteiger partial charge is 0.255 e. The molecule has 0 saturated carbocycles. The third-order valence-electron chi connectivity index (χ3n) is 5.82. The second-order valence-corrected chi connectivity index (χ2v) is 8.38. The van der Waals surface area contributed by atoms with E-state index in [1.807, 2.05) is 79.7 Å². The number of nitrogens with zero attached hydrogens (tertiary/aromatic N) is 2. The van der Waals surface area contributed by atoms with Gasteiger partial charge in [-0.25, -0.2) is 0 Å². The lowest BCUT2D eigenvalue weighted by Crippen LogP contribution is -2.12. The van der Waals surface area contributed by atoms with Crippen LogP contribution < -0.4 is 16.0 Å². The van der Waals surface area contributed by atoms with E-state index in [-0.39, 0.29) is 5.91 Å². The van der Waals surface area contributed by atoms with Gasteiger partial charge in [0, 0.05) is 45.6 Å². The molecular weight excluding hydrogens is 446 g/mol. The first-order valence-corrected chi connectivity index (χ1v) is 11.5. The Balaban J connectivity index is 1.35. The summed E-state index contributed by atoms with van der Waals surface area (Å²) in [5, 5.41) is 19.9. The molecule has 174 valence electrons. The van der Waals surface area contributed by atoms with Gasteiger partial charge in [-0.3, -0.25) is 9.78 Å². The quantitative estimate of drug-likeness (QED) is 0.246. The first kappa shape index (κ1) is 22.6. The monoisotopic (exact) mass is 469 g/mol. The van der Waals surface area contributed by atoms with E-state index in [1.165, 1.54) is 0 Å². The van der Waals surface area contributed by atoms with Crippen LogP contribution in [0.3, 0.4) is 0 Å². The molecule has 0 atom stereocenters. The Kier molecular flexibility index (Phi) is 6.29. The average Bonchev–Trinajstić information content (AvgIpc) is 2.91. The van der Waals surface area contributed by atoms with Crippen LogP contribution in [-0.4, -0.2) is 10.9 Å². The minimum Gasteiger partial charge on any atom is -0.355 e. The summed E-state index contributed by atoms with van der Waals surface area (Å²) in [6.07, 6.45) is 1.71. The SMILES string of the molecule is Cc1ccc(NC(=O)c2cccc(Nc3ccnc4ccc(C#N)cc34)c2)cc1Nc1ccccc1. The molecule has 0 saturated heterocycles. The molecule has 5 aromatic rings. The second-order valence-electron chi connectivity index (χ2n) is 8.38. The Morgan fingerprint density at radius 2 is 1.58 bits per heavy atom. The number of fused-ring (bicyclic) bond motifs is 1. The van der Waals surface area contributed by atoms with E-state index in [0.717, 1.165) is 39.2 Å². The van der Waals surface area contributed by atoms with Gasteiger partial charge in [-0.2, -0.15) is 5.26 Å². The van der Waals surface area contributed by atoms with Crippen LogP contribution in [-0.2, 0) is 0 Å². The summed E-state index contributed by atoms with van der Waals surface area (Å²) in [5.74, 6) is -0.209. The molecule has 0 fully saturated rings. The lowest BCUT2D eigenvalue weighted by Gasteiger charge is -2.13. The summed E-state index contributed by atoms with van der Waals surface area (Å²) in [4.78, 5) is 17.4. The predicted octanol–water partition coefficient (Wildman–Crippen LogP) is 7.15. The summed E-state index contributed by atoms with van der Waals surface area (Å²) in [6.45, 7) is 2.02. The molecule has 6 heteroatoms. The van der Waals surface area contributed by atoms with Crippen molar-refractivity contribution in [1.29, 1.82) is 5.26 Å². The van der Waals surface area contributed by atoms with Crippen LogP contribution in [0.15, 0.2) is 103 Å². The zero-order chi connectivity index (χ0) is 24.9. The lowest BCUT2D eigenvalue weighted by atomic mass is 10.1. The predicted molar refractivity (Wildman–Crippen MR) is 145 cm³/mol. The fourth-order valence-corrected chi connectivity index (χ4v) is 3.93. The van der Waals surface area contributed by atoms with E-state index in [1.54, 1.807) is 30.5 Å². The van der Waals surface area contributed by atoms with E-state index < -0.39 is 0 Å². The Labute approximate surface area is 209 Å². The molecule has 0 aliphatic carbocycles. The fraction of sp³-hybridized carbons (Fsp3) is 0.0333. The van der Waals surface area contributed by atoms with Crippen molar-refractivity contribution < 1.29 is 4.79 Å². The molecule has 0 radical (unpaired) electrons. The van der Waals surface area contributed by atoms with Crippen molar-refractivity contribution >= 4 is 45.2 Å². The molecular formula is C30H23N5O. The maximum Gasteiger partial charge on any atom is 0.255 e. The number of aromatic nitrogens is 1. The van der Waals surface area contributed by atoms with Crippen LogP contribution in [0, 0.1) is 18.3 Å². The first-order chi connectivity index (χ1) is 17.6. The fourth-order valence-electron chi connectivity index (χ4n) is 3.93. The summed E-state index contributed by atoms with van der Waals surface area (Å²) < 4.78 is 0. The van der Waals surface area contributed by atoms with Gasteiger partial charge in [-0.1, -0.05) is 30.3 Å². The number of pyridine rings is 1. The molecule has 0 spiro atoms. The van der Waals surface area contributed by atoms with E-state index >= 15 is 0 Å². The summed E-state index contributed by atoms with van der Waals surface area (Å²) in [7, 11) is 0. The maximum atomic E-state index is 13.1. The molecule has 3 N–H and O–H groups in total. The van der Waals surface area contributed by atoms with E-state index in [9.17, 15) is 10.1 Å². The highest BCUT2D eigenvalue weighted by Crippen LogP contribution is 2.27. The number of carbonyl (C=O) groups excluding carboxylic acids is 1. The largest absolute Gasteiger partial charge is 0.355 e. The van der Waals surface area contributed by atoms with Crippen molar-refractivity contribution in [1.82, 2.24) is 4.98 Å². The van der Waals surface area contributed by atoms with Gasteiger partial charge >= 0.3 is 0 Å². The third-order valence-corrected chi connectivity index (χ3v) is 5.82. The molecule has 6 nitrogen and oxygen atoms in total. The molecule has 4 aromatic carbocycles. The van der Waals surface area contributed by atoms with Crippen LogP contribution >= 0.6 is 0 Å². The van der Waals surface area contributed by atoms with Gasteiger partial charge in [-0.05, 0) is 79.2 Å². The standard InChI is InChI=1S/C30H23N5O/c1-20-10-12-25(18-29(20)33-23-7-3-2-4-8-23)35-30(36)22-6-5-9-24(17-22)34-28-14-15-32-27-13-11-21(19-31)16-26(27)28/h2-18,33H,1H3,(H,32,34)(H,35,36). The van der Waals surface area contributed by atoms with Crippen molar-refractivity contribution in [2.24, 2.45) is 0 Å². The van der Waals surface area contributed by atoms with Crippen LogP contribution in [0.4, 0.5) is 28.4 Å². The van der Waals surface area contributed by atoms with E-state index in [0.29, 0.717) is 16.8 Å². The third kappa shape index (κ3) is 5.01. The van der Waals surface area contributed by atoms with Crippen LogP contribution in [0.2, 0.25) is 0 Å². The lowest BCUT2D eigenvalue weighted by molar-refractivity contribution is 0.102. The van der Waals surface area contributed by atoms with E-state index in [2.05, 4.69) is 27.0 Å². The Morgan fingerprint density at radius 1 is 0.778 bits per heavy atom. The number of carbonyl (C=O) groups is 1. The molecule has 0 bridgehead atoms. The summed E-state index contributed by atoms with van der Waals surface area (Å²) in [5.41, 5.74) is 7.12. The van der Waals surface area contributed by atoms with Gasteiger partial charge in [-0.15, -0.1) is 0 Å². The Bertz CT molecular complexity index is 1610. The molecule has 36 heavy (non-hydrogen) atoms. The van der Waals surface area contributed by atoms with Gasteiger partial charge < -0.3 is 16.0 Å². The van der Waals surface area contributed by atoms with Gasteiger partial charge in [0.2, 0.25) is 0 Å². The van der Waals surface area contributed by atoms with Crippen molar-refractivity contribution in [2.45, 2.75) is 6.92 Å². The Morgan fingerprint density at radius 3 is 2.42 bits per heavy atom. The van der Waals surface area contributed by atoms with Crippen molar-refractivity contribution in [2.75, 3.05) is 16.0 Å². The van der Waals surface area contributed by atoms with Gasteiger partial charge in [0.1, 0.15) is 0 Å². The van der Waals surface area contributed by atoms with E-state index in [4.69, 9.17) is 0 Å². The normalized spacial score (nSPS) is 10.4. The number of hydrogen-bond acceptors (Lipinski definition) is 5. The average molecular weight is 470 g/mol. The maximum absolute atomic E-state index is 13.1. The molecule has 5 rings (SSSR count). The minimum absolute atomic E-state index is 0.209. The number of nitriles is 1. The molecule has 0 unspecified atom stereocenters. The number of benzene rings is 4. The van der Waals surface area contributed by atoms with Crippen molar-refractivity contribution in [3.8, 4) is 6.07 Å². The van der Waals surface area contributed by atoms with Crippen molar-refractivity contribution in [3.05, 3.63) is 120 Å². The highest BCUT2D eigenvalue weighted by atomic mass is 16.1. The molecule has 0 aliphatic heterocycles. The van der Waals surface area contributed by atoms with Gasteiger partial charge in [0.25, 0.3) is 5.91 Å². The molecule has 1 heterocycles. The first-order valence-electron chi connectivity index (χ1n) is 11.5. The highest BCUT2D eigenvalue weighted by Gasteiger charge is 2.10. The zero-order valence-electron chi connectivity index (χ0n) is 19.6. The topological polar surface area (TPSA) is 89.8 Å². The molecule has 0 aliphatic rings. The van der Waals surface area contributed by atoms with Crippen molar-refractivity contribution in [3.63, 3.8) is 0 Å². The number of para-hydroxylation sites is 1. The minimum atomic E-state index is -0.209. The number of rotatable bonds is 6.